The van der Waals surface area contributed by atoms with Crippen molar-refractivity contribution in [1.82, 2.24) is 0 Å². The van der Waals surface area contributed by atoms with Crippen LogP contribution in [-0.2, 0) is 12.8 Å². The highest BCUT2D eigenvalue weighted by Crippen LogP contribution is 2.56. The second kappa shape index (κ2) is 10.00. The molecule has 4 aromatic carbocycles. The third kappa shape index (κ3) is 4.27. The Kier molecular flexibility index (Phi) is 6.48. The molecule has 4 atom stereocenters. The molecule has 0 amide bonds. The van der Waals surface area contributed by atoms with E-state index in [4.69, 9.17) is 9.47 Å². The van der Waals surface area contributed by atoms with Crippen LogP contribution in [0.2, 0.25) is 0 Å². The van der Waals surface area contributed by atoms with Crippen molar-refractivity contribution in [2.24, 2.45) is 0 Å². The van der Waals surface area contributed by atoms with Gasteiger partial charge in [-0.3, -0.25) is 0 Å². The van der Waals surface area contributed by atoms with Crippen LogP contribution in [0.5, 0.6) is 69.0 Å². The lowest BCUT2D eigenvalue weighted by molar-refractivity contribution is 0.0164. The van der Waals surface area contributed by atoms with Gasteiger partial charge in [0.1, 0.15) is 17.2 Å². The van der Waals surface area contributed by atoms with E-state index < -0.39 is 93.9 Å². The maximum atomic E-state index is 11.1. The van der Waals surface area contributed by atoms with Gasteiger partial charge in [0.05, 0.1) is 12.2 Å². The van der Waals surface area contributed by atoms with Gasteiger partial charge in [-0.05, 0) is 34.9 Å². The average Bonchev–Trinajstić information content (AvgIpc) is 2.97. The zero-order valence-electron chi connectivity index (χ0n) is 22.4. The van der Waals surface area contributed by atoms with E-state index in [0.717, 1.165) is 18.2 Å². The summed E-state index contributed by atoms with van der Waals surface area (Å²) in [5, 5.41) is 127. The summed E-state index contributed by atoms with van der Waals surface area (Å²) < 4.78 is 11.7. The number of phenols is 10. The van der Waals surface area contributed by atoms with Crippen LogP contribution in [0.15, 0.2) is 36.4 Å². The van der Waals surface area contributed by atoms with Crippen LogP contribution in [-0.4, -0.2) is 73.5 Å². The van der Waals surface area contributed by atoms with Crippen molar-refractivity contribution in [1.29, 1.82) is 0 Å². The SMILES string of the molecule is Oc1ccc2c(c1)OC(c1c(-c3cc(O)c(O)c(O)c3C3Oc4c(O)c(O)cc(O)c4CC3O)cc(O)c(O)c1O)C(O)C2. The van der Waals surface area contributed by atoms with Crippen molar-refractivity contribution < 1.29 is 70.8 Å². The minimum absolute atomic E-state index is 0.0484. The predicted molar refractivity (Wildman–Crippen MR) is 148 cm³/mol. The summed E-state index contributed by atoms with van der Waals surface area (Å²) >= 11 is 0. The van der Waals surface area contributed by atoms with E-state index in [1.807, 2.05) is 0 Å². The molecule has 44 heavy (non-hydrogen) atoms. The summed E-state index contributed by atoms with van der Waals surface area (Å²) in [7, 11) is 0. The van der Waals surface area contributed by atoms with Gasteiger partial charge in [0.25, 0.3) is 0 Å². The van der Waals surface area contributed by atoms with Gasteiger partial charge in [0.2, 0.25) is 17.2 Å². The summed E-state index contributed by atoms with van der Waals surface area (Å²) in [5.41, 5.74) is -1.01. The van der Waals surface area contributed by atoms with E-state index in [-0.39, 0.29) is 40.2 Å². The molecule has 0 saturated heterocycles. The number of hydrogen-bond donors (Lipinski definition) is 12. The van der Waals surface area contributed by atoms with E-state index in [1.165, 1.54) is 18.2 Å². The molecule has 0 radical (unpaired) electrons. The van der Waals surface area contributed by atoms with Gasteiger partial charge in [-0.1, -0.05) is 6.07 Å². The molecular weight excluding hydrogens is 584 g/mol. The normalized spacial score (nSPS) is 20.7. The largest absolute Gasteiger partial charge is 0.508 e. The molecule has 0 aromatic heterocycles. The van der Waals surface area contributed by atoms with Crippen molar-refractivity contribution in [3.8, 4) is 80.1 Å². The molecule has 0 aliphatic carbocycles. The number of rotatable bonds is 3. The number of fused-ring (bicyclic) bond motifs is 2. The zero-order chi connectivity index (χ0) is 31.8. The number of aromatic hydroxyl groups is 10. The van der Waals surface area contributed by atoms with Gasteiger partial charge in [-0.15, -0.1) is 0 Å². The van der Waals surface area contributed by atoms with Crippen LogP contribution < -0.4 is 9.47 Å². The fourth-order valence-corrected chi connectivity index (χ4v) is 5.72. The molecule has 2 heterocycles. The van der Waals surface area contributed by atoms with Gasteiger partial charge in [0, 0.05) is 41.7 Å². The Bertz CT molecular complexity index is 1830. The number of hydrogen-bond acceptors (Lipinski definition) is 14. The van der Waals surface area contributed by atoms with Gasteiger partial charge < -0.3 is 70.8 Å². The first-order chi connectivity index (χ1) is 20.8. The third-order valence-corrected chi connectivity index (χ3v) is 7.85. The quantitative estimate of drug-likeness (QED) is 0.117. The van der Waals surface area contributed by atoms with E-state index >= 15 is 0 Å². The lowest BCUT2D eigenvalue weighted by Crippen LogP contribution is -2.32. The maximum Gasteiger partial charge on any atom is 0.201 e. The summed E-state index contributed by atoms with van der Waals surface area (Å²) in [6.07, 6.45) is -6.64. The van der Waals surface area contributed by atoms with Gasteiger partial charge in [-0.2, -0.15) is 0 Å². The van der Waals surface area contributed by atoms with Crippen LogP contribution in [0.25, 0.3) is 11.1 Å². The maximum absolute atomic E-state index is 11.1. The Morgan fingerprint density at radius 1 is 0.523 bits per heavy atom. The number of ether oxygens (including phenoxy) is 2. The Balaban J connectivity index is 1.59. The molecule has 0 saturated carbocycles. The van der Waals surface area contributed by atoms with Crippen LogP contribution >= 0.6 is 0 Å². The highest BCUT2D eigenvalue weighted by atomic mass is 16.5. The minimum atomic E-state index is -1.70. The lowest BCUT2D eigenvalue weighted by Gasteiger charge is -2.35. The Morgan fingerprint density at radius 3 is 1.64 bits per heavy atom. The molecule has 2 aliphatic heterocycles. The zero-order valence-corrected chi connectivity index (χ0v) is 22.4. The number of aliphatic hydroxyl groups excluding tert-OH is 2. The Labute approximate surface area is 247 Å². The molecule has 14 nitrogen and oxygen atoms in total. The van der Waals surface area contributed by atoms with Crippen LogP contribution in [0.4, 0.5) is 0 Å². The monoisotopic (exact) mass is 610 g/mol. The number of phenolic OH excluding ortho intramolecular Hbond substituents is 10. The molecule has 230 valence electrons. The molecular formula is C30H26O14. The highest BCUT2D eigenvalue weighted by Gasteiger charge is 2.41. The van der Waals surface area contributed by atoms with E-state index in [0.29, 0.717) is 5.56 Å². The second-order valence-electron chi connectivity index (χ2n) is 10.6. The molecule has 2 aliphatic rings. The molecule has 0 spiro atoms. The van der Waals surface area contributed by atoms with Crippen molar-refractivity contribution in [2.75, 3.05) is 0 Å². The van der Waals surface area contributed by atoms with E-state index in [9.17, 15) is 61.3 Å². The molecule has 4 unspecified atom stereocenters. The Hall–Kier alpha value is -5.60. The third-order valence-electron chi connectivity index (χ3n) is 7.85. The first-order valence-electron chi connectivity index (χ1n) is 13.1. The van der Waals surface area contributed by atoms with Crippen molar-refractivity contribution in [3.63, 3.8) is 0 Å². The van der Waals surface area contributed by atoms with Crippen LogP contribution in [0.1, 0.15) is 34.5 Å². The summed E-state index contributed by atoms with van der Waals surface area (Å²) in [6.45, 7) is 0. The second-order valence-corrected chi connectivity index (χ2v) is 10.6. The highest BCUT2D eigenvalue weighted by molar-refractivity contribution is 5.83. The molecule has 0 fully saturated rings. The topological polar surface area (TPSA) is 261 Å². The molecule has 12 N–H and O–H groups in total. The smallest absolute Gasteiger partial charge is 0.201 e. The van der Waals surface area contributed by atoms with Crippen molar-refractivity contribution in [2.45, 2.75) is 37.3 Å². The molecule has 6 rings (SSSR count). The van der Waals surface area contributed by atoms with Gasteiger partial charge >= 0.3 is 0 Å². The molecule has 14 heteroatoms. The van der Waals surface area contributed by atoms with E-state index in [1.54, 1.807) is 0 Å². The van der Waals surface area contributed by atoms with Crippen molar-refractivity contribution >= 4 is 0 Å². The Morgan fingerprint density at radius 2 is 1.05 bits per heavy atom. The van der Waals surface area contributed by atoms with E-state index in [2.05, 4.69) is 0 Å². The fraction of sp³-hybridized carbons (Fsp3) is 0.200. The molecule has 4 aromatic rings. The first-order valence-corrected chi connectivity index (χ1v) is 13.1. The first kappa shape index (κ1) is 28.5. The van der Waals surface area contributed by atoms with Crippen LogP contribution in [0, 0.1) is 0 Å². The molecule has 0 bridgehead atoms. The summed E-state index contributed by atoms with van der Waals surface area (Å²) in [4.78, 5) is 0. The summed E-state index contributed by atoms with van der Waals surface area (Å²) in [5.74, 6) is -8.44. The summed E-state index contributed by atoms with van der Waals surface area (Å²) in [6, 6.07) is 6.78. The minimum Gasteiger partial charge on any atom is -0.508 e. The van der Waals surface area contributed by atoms with Gasteiger partial charge in [0.15, 0.2) is 46.7 Å². The van der Waals surface area contributed by atoms with Crippen molar-refractivity contribution in [3.05, 3.63) is 58.7 Å². The van der Waals surface area contributed by atoms with Crippen LogP contribution in [0.3, 0.4) is 0 Å². The predicted octanol–water partition coefficient (Wildman–Crippen LogP) is 2.48. The van der Waals surface area contributed by atoms with Gasteiger partial charge in [-0.25, -0.2) is 0 Å². The average molecular weight is 611 g/mol. The number of benzene rings is 4. The number of aliphatic hydroxyl groups is 2. The lowest BCUT2D eigenvalue weighted by atomic mass is 9.83. The fourth-order valence-electron chi connectivity index (χ4n) is 5.72. The standard InChI is InChI=1S/C30H26O14/c31-10-2-1-9-3-18(36)29(43-20(9)4-10)21-11(5-15(33)23(38)26(21)41)12-6-16(34)24(39)27(42)22(12)30-19(37)7-13-14(32)8-17(35)25(40)28(13)44-30/h1-2,4-6,8,18-19,29-42H,3,7H2.